The van der Waals surface area contributed by atoms with Crippen LogP contribution in [0.4, 0.5) is 0 Å². The molecule has 0 radical (unpaired) electrons. The molecule has 0 aromatic heterocycles. The molecule has 0 saturated carbocycles. The predicted octanol–water partition coefficient (Wildman–Crippen LogP) is 2.50. The van der Waals surface area contributed by atoms with E-state index in [0.29, 0.717) is 25.3 Å². The van der Waals surface area contributed by atoms with Gasteiger partial charge in [0, 0.05) is 60.4 Å². The number of guanidine groups is 1. The Morgan fingerprint density at radius 2 is 1.96 bits per heavy atom. The van der Waals surface area contributed by atoms with E-state index >= 15 is 0 Å². The van der Waals surface area contributed by atoms with E-state index in [0.717, 1.165) is 51.3 Å². The third kappa shape index (κ3) is 10.7. The summed E-state index contributed by atoms with van der Waals surface area (Å²) in [6.45, 7) is 11.8. The summed E-state index contributed by atoms with van der Waals surface area (Å²) in [7, 11) is -0.864. The molecule has 26 heavy (non-hydrogen) atoms. The molecule has 0 aromatic carbocycles. The summed E-state index contributed by atoms with van der Waals surface area (Å²) in [5.74, 6) is 1.66. The number of carbonyl (C=O) groups excluding carboxylic acids is 1. The Kier molecular flexibility index (Phi) is 13.5. The van der Waals surface area contributed by atoms with Crippen molar-refractivity contribution in [3.63, 3.8) is 0 Å². The molecule has 1 heterocycles. The molecule has 1 amide bonds. The lowest BCUT2D eigenvalue weighted by molar-refractivity contribution is -0.130. The monoisotopic (exact) mass is 500 g/mol. The lowest BCUT2D eigenvalue weighted by Crippen LogP contribution is -2.40. The van der Waals surface area contributed by atoms with Gasteiger partial charge in [-0.05, 0) is 47.0 Å². The van der Waals surface area contributed by atoms with E-state index in [4.69, 9.17) is 0 Å². The molecule has 1 rings (SSSR count). The van der Waals surface area contributed by atoms with E-state index in [1.165, 1.54) is 0 Å². The summed E-state index contributed by atoms with van der Waals surface area (Å²) in [6, 6.07) is 0. The minimum atomic E-state index is -0.864. The Balaban J connectivity index is 0.00000625. The van der Waals surface area contributed by atoms with Crippen LogP contribution in [0.15, 0.2) is 4.99 Å². The average Bonchev–Trinajstić information content (AvgIpc) is 2.75. The number of aliphatic imine (C=N–C) groups is 1. The number of rotatable bonds is 8. The Hall–Kier alpha value is -0.380. The van der Waals surface area contributed by atoms with Crippen molar-refractivity contribution in [2.24, 2.45) is 4.99 Å². The quantitative estimate of drug-likeness (QED) is 0.233. The number of nitrogens with one attached hydrogen (secondary N) is 2. The van der Waals surface area contributed by atoms with Crippen LogP contribution in [0.1, 0.15) is 59.8 Å². The van der Waals surface area contributed by atoms with Crippen LogP contribution in [0.5, 0.6) is 0 Å². The molecule has 1 aliphatic heterocycles. The van der Waals surface area contributed by atoms with Crippen molar-refractivity contribution in [3.8, 4) is 0 Å². The minimum absolute atomic E-state index is 0. The summed E-state index contributed by atoms with van der Waals surface area (Å²) in [4.78, 5) is 18.5. The van der Waals surface area contributed by atoms with E-state index < -0.39 is 10.8 Å². The first-order valence-corrected chi connectivity index (χ1v) is 10.8. The van der Waals surface area contributed by atoms with Crippen LogP contribution in [-0.2, 0) is 15.6 Å². The van der Waals surface area contributed by atoms with Gasteiger partial charge >= 0.3 is 0 Å². The second-order valence-corrected chi connectivity index (χ2v) is 9.72. The smallest absolute Gasteiger partial charge is 0.222 e. The first kappa shape index (κ1) is 25.6. The van der Waals surface area contributed by atoms with Gasteiger partial charge in [0.05, 0.1) is 0 Å². The molecule has 0 bridgehead atoms. The topological polar surface area (TPSA) is 73.8 Å². The van der Waals surface area contributed by atoms with Gasteiger partial charge in [-0.25, -0.2) is 0 Å². The van der Waals surface area contributed by atoms with Gasteiger partial charge in [-0.3, -0.25) is 14.0 Å². The molecule has 2 N–H and O–H groups in total. The number of hydrogen-bond donors (Lipinski definition) is 2. The molecule has 6 nitrogen and oxygen atoms in total. The van der Waals surface area contributed by atoms with Crippen LogP contribution >= 0.6 is 24.0 Å². The third-order valence-electron chi connectivity index (χ3n) is 4.13. The van der Waals surface area contributed by atoms with Gasteiger partial charge in [0.15, 0.2) is 5.96 Å². The van der Waals surface area contributed by atoms with Gasteiger partial charge in [0.25, 0.3) is 0 Å². The zero-order chi connectivity index (χ0) is 18.7. The zero-order valence-corrected chi connectivity index (χ0v) is 20.0. The van der Waals surface area contributed by atoms with Crippen molar-refractivity contribution in [3.05, 3.63) is 0 Å². The fourth-order valence-corrected chi connectivity index (χ4v) is 3.54. The first-order valence-electron chi connectivity index (χ1n) is 9.53. The molecule has 154 valence electrons. The number of likely N-dealkylation sites (tertiary alicyclic amines) is 1. The third-order valence-corrected chi connectivity index (χ3v) is 6.08. The lowest BCUT2D eigenvalue weighted by atomic mass is 10.2. The second-order valence-electron chi connectivity index (χ2n) is 7.39. The summed E-state index contributed by atoms with van der Waals surface area (Å²) >= 11 is 0. The molecule has 0 aromatic rings. The van der Waals surface area contributed by atoms with Crippen molar-refractivity contribution in [2.75, 3.05) is 38.5 Å². The number of hydrogen-bond acceptors (Lipinski definition) is 3. The second kappa shape index (κ2) is 13.7. The number of halogens is 1. The highest BCUT2D eigenvalue weighted by Crippen LogP contribution is 2.11. The molecule has 8 heteroatoms. The van der Waals surface area contributed by atoms with Crippen molar-refractivity contribution in [2.45, 2.75) is 64.5 Å². The SMILES string of the molecule is CCNC(=NCCCN1CCCCCC1=O)NCCS(=O)C(C)(C)C.I. The molecule has 0 spiro atoms. The highest BCUT2D eigenvalue weighted by Gasteiger charge is 2.18. The first-order chi connectivity index (χ1) is 11.8. The van der Waals surface area contributed by atoms with Crippen LogP contribution in [0.2, 0.25) is 0 Å². The average molecular weight is 500 g/mol. The molecule has 1 aliphatic rings. The highest BCUT2D eigenvalue weighted by atomic mass is 127. The van der Waals surface area contributed by atoms with Gasteiger partial charge in [-0.2, -0.15) is 0 Å². The number of carbonyl (C=O) groups is 1. The summed E-state index contributed by atoms with van der Waals surface area (Å²) < 4.78 is 11.9. The maximum atomic E-state index is 12.1. The van der Waals surface area contributed by atoms with E-state index in [9.17, 15) is 9.00 Å². The van der Waals surface area contributed by atoms with Gasteiger partial charge in [-0.1, -0.05) is 6.42 Å². The van der Waals surface area contributed by atoms with Crippen LogP contribution < -0.4 is 10.6 Å². The Labute approximate surface area is 178 Å². The lowest BCUT2D eigenvalue weighted by Gasteiger charge is -2.20. The molecule has 0 aliphatic carbocycles. The van der Waals surface area contributed by atoms with Crippen LogP contribution in [0, 0.1) is 0 Å². The fourth-order valence-electron chi connectivity index (χ4n) is 2.64. The standard InChI is InChI=1S/C18H36N4O2S.HI/c1-5-19-17(21-12-15-25(24)18(2,3)4)20-11-9-14-22-13-8-6-7-10-16(22)23;/h5-15H2,1-4H3,(H2,19,20,21);1H. The highest BCUT2D eigenvalue weighted by molar-refractivity contribution is 14.0. The fraction of sp³-hybridized carbons (Fsp3) is 0.889. The summed E-state index contributed by atoms with van der Waals surface area (Å²) in [6.07, 6.45) is 4.86. The Morgan fingerprint density at radius 1 is 1.23 bits per heavy atom. The van der Waals surface area contributed by atoms with E-state index in [1.54, 1.807) is 0 Å². The normalized spacial score (nSPS) is 17.3. The van der Waals surface area contributed by atoms with E-state index in [1.807, 2.05) is 32.6 Å². The van der Waals surface area contributed by atoms with Gasteiger partial charge in [0.2, 0.25) is 5.91 Å². The van der Waals surface area contributed by atoms with E-state index in [-0.39, 0.29) is 34.6 Å². The van der Waals surface area contributed by atoms with Crippen molar-refractivity contribution >= 4 is 46.6 Å². The molecule has 1 saturated heterocycles. The zero-order valence-electron chi connectivity index (χ0n) is 16.8. The number of nitrogens with zero attached hydrogens (tertiary/aromatic N) is 2. The Morgan fingerprint density at radius 3 is 2.62 bits per heavy atom. The van der Waals surface area contributed by atoms with Crippen LogP contribution in [-0.4, -0.2) is 64.2 Å². The van der Waals surface area contributed by atoms with Crippen LogP contribution in [0.3, 0.4) is 0 Å². The maximum absolute atomic E-state index is 12.1. The van der Waals surface area contributed by atoms with Crippen molar-refractivity contribution in [1.82, 2.24) is 15.5 Å². The summed E-state index contributed by atoms with van der Waals surface area (Å²) in [5, 5.41) is 6.46. The molecular formula is C18H37IN4O2S. The van der Waals surface area contributed by atoms with E-state index in [2.05, 4.69) is 15.6 Å². The van der Waals surface area contributed by atoms with Crippen LogP contribution in [0.25, 0.3) is 0 Å². The predicted molar refractivity (Wildman–Crippen MR) is 122 cm³/mol. The molecule has 1 fully saturated rings. The Bertz CT molecular complexity index is 467. The van der Waals surface area contributed by atoms with Crippen molar-refractivity contribution < 1.29 is 9.00 Å². The minimum Gasteiger partial charge on any atom is -0.357 e. The molecule has 1 atom stereocenters. The van der Waals surface area contributed by atoms with Gasteiger partial charge < -0.3 is 15.5 Å². The molecule has 1 unspecified atom stereocenters. The van der Waals surface area contributed by atoms with Gasteiger partial charge in [0.1, 0.15) is 0 Å². The van der Waals surface area contributed by atoms with Gasteiger partial charge in [-0.15, -0.1) is 24.0 Å². The molecular weight excluding hydrogens is 463 g/mol. The largest absolute Gasteiger partial charge is 0.357 e. The summed E-state index contributed by atoms with van der Waals surface area (Å²) in [5.41, 5.74) is 0. The number of amides is 1. The van der Waals surface area contributed by atoms with Crippen molar-refractivity contribution in [1.29, 1.82) is 0 Å². The maximum Gasteiger partial charge on any atom is 0.222 e.